The Morgan fingerprint density at radius 1 is 1.40 bits per heavy atom. The Labute approximate surface area is 92.0 Å². The molecular weight excluding hydrogens is 184 g/mol. The number of nitrogens with one attached hydrogen (secondary N) is 1. The van der Waals surface area contributed by atoms with Crippen molar-refractivity contribution < 1.29 is 0 Å². The van der Waals surface area contributed by atoms with E-state index in [0.717, 1.165) is 12.6 Å². The molecule has 3 rings (SSSR count). The standard InChI is InChI=1S/C13H20N2/c1-9-4-3-5-11-6-12-8-14-7-10(2)15(12)13(9)11/h4,10,12,14H,3,5-8H2,1-2H3/t10-,12-/m1/s1. The Balaban J connectivity index is 1.97. The summed E-state index contributed by atoms with van der Waals surface area (Å²) in [7, 11) is 0. The molecule has 0 spiro atoms. The molecule has 2 heterocycles. The van der Waals surface area contributed by atoms with E-state index in [0.29, 0.717) is 6.04 Å². The van der Waals surface area contributed by atoms with Crippen LogP contribution >= 0.6 is 0 Å². The smallest absolute Gasteiger partial charge is 0.0456 e. The molecule has 0 amide bonds. The molecule has 0 aromatic rings. The molecule has 1 aliphatic carbocycles. The van der Waals surface area contributed by atoms with Gasteiger partial charge < -0.3 is 10.2 Å². The third-order valence-electron chi connectivity index (χ3n) is 4.03. The molecule has 1 saturated heterocycles. The van der Waals surface area contributed by atoms with Crippen molar-refractivity contribution in [2.45, 2.75) is 45.2 Å². The lowest BCUT2D eigenvalue weighted by molar-refractivity contribution is 0.171. The second-order valence-corrected chi connectivity index (χ2v) is 5.15. The first kappa shape index (κ1) is 9.46. The zero-order valence-electron chi connectivity index (χ0n) is 9.71. The van der Waals surface area contributed by atoms with Gasteiger partial charge in [-0.05, 0) is 44.3 Å². The van der Waals surface area contributed by atoms with Crippen molar-refractivity contribution in [1.82, 2.24) is 10.2 Å². The van der Waals surface area contributed by atoms with Gasteiger partial charge in [-0.3, -0.25) is 0 Å². The van der Waals surface area contributed by atoms with Gasteiger partial charge in [0, 0.05) is 30.9 Å². The molecule has 2 heteroatoms. The third kappa shape index (κ3) is 1.35. The molecular formula is C13H20N2. The zero-order valence-corrected chi connectivity index (χ0v) is 9.71. The largest absolute Gasteiger partial charge is 0.363 e. The molecule has 0 aromatic carbocycles. The van der Waals surface area contributed by atoms with Gasteiger partial charge in [0.05, 0.1) is 0 Å². The van der Waals surface area contributed by atoms with E-state index in [-0.39, 0.29) is 0 Å². The molecule has 0 radical (unpaired) electrons. The summed E-state index contributed by atoms with van der Waals surface area (Å²) in [5.41, 5.74) is 4.84. The average molecular weight is 204 g/mol. The molecule has 1 N–H and O–H groups in total. The maximum atomic E-state index is 3.54. The van der Waals surface area contributed by atoms with E-state index >= 15 is 0 Å². The highest BCUT2D eigenvalue weighted by Gasteiger charge is 2.37. The van der Waals surface area contributed by atoms with E-state index in [1.807, 2.05) is 0 Å². The van der Waals surface area contributed by atoms with E-state index in [9.17, 15) is 0 Å². The van der Waals surface area contributed by atoms with Crippen molar-refractivity contribution in [2.24, 2.45) is 0 Å². The Kier molecular flexibility index (Phi) is 2.13. The van der Waals surface area contributed by atoms with Crippen LogP contribution in [-0.2, 0) is 0 Å². The van der Waals surface area contributed by atoms with Crippen LogP contribution in [0.5, 0.6) is 0 Å². The lowest BCUT2D eigenvalue weighted by atomic mass is 9.96. The second-order valence-electron chi connectivity index (χ2n) is 5.15. The monoisotopic (exact) mass is 204 g/mol. The zero-order chi connectivity index (χ0) is 10.4. The fourth-order valence-corrected chi connectivity index (χ4v) is 3.42. The van der Waals surface area contributed by atoms with Crippen molar-refractivity contribution in [3.63, 3.8) is 0 Å². The summed E-state index contributed by atoms with van der Waals surface area (Å²) in [6.45, 7) is 6.94. The van der Waals surface area contributed by atoms with Crippen molar-refractivity contribution in [1.29, 1.82) is 0 Å². The summed E-state index contributed by atoms with van der Waals surface area (Å²) >= 11 is 0. The van der Waals surface area contributed by atoms with E-state index < -0.39 is 0 Å². The summed E-state index contributed by atoms with van der Waals surface area (Å²) in [6, 6.07) is 1.40. The first-order valence-corrected chi connectivity index (χ1v) is 6.15. The van der Waals surface area contributed by atoms with Crippen LogP contribution in [0, 0.1) is 0 Å². The van der Waals surface area contributed by atoms with Gasteiger partial charge >= 0.3 is 0 Å². The maximum Gasteiger partial charge on any atom is 0.0456 e. The van der Waals surface area contributed by atoms with Crippen LogP contribution in [0.2, 0.25) is 0 Å². The van der Waals surface area contributed by atoms with Crippen molar-refractivity contribution >= 4 is 0 Å². The van der Waals surface area contributed by atoms with Gasteiger partial charge in [0.2, 0.25) is 0 Å². The summed E-state index contributed by atoms with van der Waals surface area (Å²) in [5.74, 6) is 0. The number of allylic oxidation sites excluding steroid dienone is 2. The summed E-state index contributed by atoms with van der Waals surface area (Å²) < 4.78 is 0. The SMILES string of the molecule is CC1=CCCC2=C1N1[C@@H](CNC[C@H]1C)C2. The summed E-state index contributed by atoms with van der Waals surface area (Å²) in [4.78, 5) is 2.68. The molecule has 2 nitrogen and oxygen atoms in total. The van der Waals surface area contributed by atoms with Crippen molar-refractivity contribution in [2.75, 3.05) is 13.1 Å². The van der Waals surface area contributed by atoms with Crippen LogP contribution < -0.4 is 5.32 Å². The molecule has 0 saturated carbocycles. The molecule has 0 aromatic heterocycles. The fourth-order valence-electron chi connectivity index (χ4n) is 3.42. The number of fused-ring (bicyclic) bond motifs is 2. The van der Waals surface area contributed by atoms with Gasteiger partial charge in [-0.1, -0.05) is 6.08 Å². The number of hydrogen-bond donors (Lipinski definition) is 1. The molecule has 2 aliphatic heterocycles. The third-order valence-corrected chi connectivity index (χ3v) is 4.03. The van der Waals surface area contributed by atoms with Crippen LogP contribution in [0.4, 0.5) is 0 Å². The Hall–Kier alpha value is -0.760. The van der Waals surface area contributed by atoms with Gasteiger partial charge in [-0.15, -0.1) is 0 Å². The van der Waals surface area contributed by atoms with Crippen LogP contribution in [-0.4, -0.2) is 30.1 Å². The first-order chi connectivity index (χ1) is 7.27. The molecule has 0 unspecified atom stereocenters. The summed E-state index contributed by atoms with van der Waals surface area (Å²) in [5, 5.41) is 3.54. The van der Waals surface area contributed by atoms with Gasteiger partial charge in [0.15, 0.2) is 0 Å². The van der Waals surface area contributed by atoms with E-state index in [2.05, 4.69) is 30.1 Å². The van der Waals surface area contributed by atoms with Gasteiger partial charge in [0.1, 0.15) is 0 Å². The minimum atomic E-state index is 0.665. The van der Waals surface area contributed by atoms with Crippen LogP contribution in [0.3, 0.4) is 0 Å². The minimum absolute atomic E-state index is 0.665. The first-order valence-electron chi connectivity index (χ1n) is 6.15. The van der Waals surface area contributed by atoms with E-state index in [4.69, 9.17) is 0 Å². The van der Waals surface area contributed by atoms with Gasteiger partial charge in [-0.2, -0.15) is 0 Å². The number of nitrogens with zero attached hydrogens (tertiary/aromatic N) is 1. The molecule has 1 fully saturated rings. The van der Waals surface area contributed by atoms with E-state index in [1.165, 1.54) is 31.4 Å². The number of hydrogen-bond acceptors (Lipinski definition) is 2. The average Bonchev–Trinajstić information content (AvgIpc) is 2.58. The minimum Gasteiger partial charge on any atom is -0.363 e. The summed E-state index contributed by atoms with van der Waals surface area (Å²) in [6.07, 6.45) is 6.27. The van der Waals surface area contributed by atoms with Crippen molar-refractivity contribution in [3.05, 3.63) is 22.9 Å². The fraction of sp³-hybridized carbons (Fsp3) is 0.692. The Bertz CT molecular complexity index is 340. The molecule has 3 aliphatic rings. The van der Waals surface area contributed by atoms with Crippen LogP contribution in [0.1, 0.15) is 33.1 Å². The van der Waals surface area contributed by atoms with Gasteiger partial charge in [-0.25, -0.2) is 0 Å². The molecule has 82 valence electrons. The number of piperazine rings is 1. The highest BCUT2D eigenvalue weighted by Crippen LogP contribution is 2.40. The lowest BCUT2D eigenvalue weighted by Gasteiger charge is -2.40. The quantitative estimate of drug-likeness (QED) is 0.649. The van der Waals surface area contributed by atoms with Crippen LogP contribution in [0.15, 0.2) is 22.9 Å². The topological polar surface area (TPSA) is 15.3 Å². The molecule has 2 atom stereocenters. The predicted octanol–water partition coefficient (Wildman–Crippen LogP) is 2.05. The highest BCUT2D eigenvalue weighted by molar-refractivity contribution is 5.41. The van der Waals surface area contributed by atoms with Crippen LogP contribution in [0.25, 0.3) is 0 Å². The van der Waals surface area contributed by atoms with Gasteiger partial charge in [0.25, 0.3) is 0 Å². The second kappa shape index (κ2) is 3.38. The Morgan fingerprint density at radius 2 is 2.27 bits per heavy atom. The number of rotatable bonds is 0. The molecule has 15 heavy (non-hydrogen) atoms. The lowest BCUT2D eigenvalue weighted by Crippen LogP contribution is -2.53. The van der Waals surface area contributed by atoms with E-state index in [1.54, 1.807) is 11.3 Å². The predicted molar refractivity (Wildman–Crippen MR) is 62.6 cm³/mol. The normalized spacial score (nSPS) is 35.1. The highest BCUT2D eigenvalue weighted by atomic mass is 15.3. The van der Waals surface area contributed by atoms with Crippen molar-refractivity contribution in [3.8, 4) is 0 Å². The molecule has 0 bridgehead atoms. The Morgan fingerprint density at radius 3 is 3.13 bits per heavy atom. The maximum absolute atomic E-state index is 3.54.